The van der Waals surface area contributed by atoms with Crippen LogP contribution in [-0.4, -0.2) is 48.6 Å². The fraction of sp³-hybridized carbons (Fsp3) is 0.212. The monoisotopic (exact) mass is 614 g/mol. The lowest BCUT2D eigenvalue weighted by atomic mass is 9.95. The van der Waals surface area contributed by atoms with Gasteiger partial charge in [0.1, 0.15) is 23.0 Å². The van der Waals surface area contributed by atoms with Crippen LogP contribution >= 0.6 is 11.3 Å². The SMILES string of the molecule is CCOC(=O)c1sc(N2C(=O)C(=O)/C(=C(/O)c3ccc(OCc4ccccc4)cc3)C2c2ccc(OC)c(OC)c2)nc1C. The number of ketones is 1. The van der Waals surface area contributed by atoms with Crippen LogP contribution < -0.4 is 19.1 Å². The smallest absolute Gasteiger partial charge is 0.350 e. The number of aryl methyl sites for hydroxylation is 1. The molecule has 5 rings (SSSR count). The van der Waals surface area contributed by atoms with E-state index in [9.17, 15) is 19.5 Å². The van der Waals surface area contributed by atoms with Crippen molar-refractivity contribution in [2.75, 3.05) is 25.7 Å². The van der Waals surface area contributed by atoms with Crippen LogP contribution in [0.1, 0.15) is 45.0 Å². The highest BCUT2D eigenvalue weighted by atomic mass is 32.1. The number of anilines is 1. The van der Waals surface area contributed by atoms with Gasteiger partial charge in [-0.2, -0.15) is 0 Å². The highest BCUT2D eigenvalue weighted by molar-refractivity contribution is 7.17. The standard InChI is InChI=1S/C33H30N2O8S/c1-5-42-32(39)30-19(2)34-33(44-30)35-27(22-13-16-24(40-3)25(17-22)41-4)26(29(37)31(35)38)28(36)21-11-14-23(15-12-21)43-18-20-9-7-6-8-10-20/h6-17,27,36H,5,18H2,1-4H3/b28-26+. The number of carbonyl (C=O) groups is 3. The van der Waals surface area contributed by atoms with Gasteiger partial charge in [0.15, 0.2) is 16.6 Å². The van der Waals surface area contributed by atoms with E-state index in [0.29, 0.717) is 40.7 Å². The largest absolute Gasteiger partial charge is 0.507 e. The Bertz CT molecular complexity index is 1730. The third-order valence-electron chi connectivity index (χ3n) is 7.00. The van der Waals surface area contributed by atoms with Crippen molar-refractivity contribution >= 4 is 39.9 Å². The number of methoxy groups -OCH3 is 2. The molecule has 1 fully saturated rings. The molecule has 1 saturated heterocycles. The summed E-state index contributed by atoms with van der Waals surface area (Å²) < 4.78 is 21.8. The molecule has 11 heteroatoms. The molecule has 10 nitrogen and oxygen atoms in total. The van der Waals surface area contributed by atoms with Gasteiger partial charge >= 0.3 is 11.9 Å². The van der Waals surface area contributed by atoms with E-state index in [1.165, 1.54) is 19.1 Å². The molecule has 0 bridgehead atoms. The Hall–Kier alpha value is -5.16. The van der Waals surface area contributed by atoms with Gasteiger partial charge in [0.05, 0.1) is 38.1 Å². The second kappa shape index (κ2) is 13.0. The fourth-order valence-corrected chi connectivity index (χ4v) is 5.83. The van der Waals surface area contributed by atoms with Gasteiger partial charge in [-0.05, 0) is 61.4 Å². The topological polar surface area (TPSA) is 124 Å². The van der Waals surface area contributed by atoms with Crippen LogP contribution in [0.25, 0.3) is 5.76 Å². The molecule has 1 atom stereocenters. The Morgan fingerprint density at radius 2 is 1.68 bits per heavy atom. The van der Waals surface area contributed by atoms with E-state index >= 15 is 0 Å². The lowest BCUT2D eigenvalue weighted by Crippen LogP contribution is -2.29. The molecule has 4 aromatic rings. The Kier molecular flexibility index (Phi) is 8.96. The number of carbonyl (C=O) groups excluding carboxylic acids is 3. The Labute approximate surface area is 258 Å². The summed E-state index contributed by atoms with van der Waals surface area (Å²) in [6, 6.07) is 20.1. The highest BCUT2D eigenvalue weighted by Crippen LogP contribution is 2.45. The molecular formula is C33H30N2O8S. The van der Waals surface area contributed by atoms with E-state index in [-0.39, 0.29) is 27.9 Å². The molecule has 44 heavy (non-hydrogen) atoms. The van der Waals surface area contributed by atoms with E-state index in [1.807, 2.05) is 30.3 Å². The lowest BCUT2D eigenvalue weighted by molar-refractivity contribution is -0.132. The zero-order valence-electron chi connectivity index (χ0n) is 24.5. The molecule has 3 aromatic carbocycles. The molecule has 0 radical (unpaired) electrons. The molecule has 0 saturated carbocycles. The van der Waals surface area contributed by atoms with Crippen molar-refractivity contribution < 1.29 is 38.4 Å². The number of aromatic nitrogens is 1. The first-order valence-electron chi connectivity index (χ1n) is 13.7. The molecule has 1 unspecified atom stereocenters. The number of nitrogens with zero attached hydrogens (tertiary/aromatic N) is 2. The van der Waals surface area contributed by atoms with Gasteiger partial charge < -0.3 is 24.1 Å². The van der Waals surface area contributed by atoms with Gasteiger partial charge in [-0.1, -0.05) is 47.7 Å². The minimum atomic E-state index is -1.09. The van der Waals surface area contributed by atoms with E-state index in [0.717, 1.165) is 16.9 Å². The molecule has 0 spiro atoms. The Morgan fingerprint density at radius 1 is 0.977 bits per heavy atom. The van der Waals surface area contributed by atoms with Crippen LogP contribution in [0.4, 0.5) is 5.13 Å². The van der Waals surface area contributed by atoms with Crippen molar-refractivity contribution in [3.8, 4) is 17.2 Å². The summed E-state index contributed by atoms with van der Waals surface area (Å²) in [6.45, 7) is 3.83. The number of esters is 1. The van der Waals surface area contributed by atoms with E-state index in [2.05, 4.69) is 4.98 Å². The predicted octanol–water partition coefficient (Wildman–Crippen LogP) is 5.85. The molecule has 0 aliphatic carbocycles. The van der Waals surface area contributed by atoms with Crippen LogP contribution in [0, 0.1) is 6.92 Å². The maximum absolute atomic E-state index is 13.6. The van der Waals surface area contributed by atoms with Gasteiger partial charge in [-0.15, -0.1) is 0 Å². The molecular weight excluding hydrogens is 584 g/mol. The quantitative estimate of drug-likeness (QED) is 0.101. The number of aliphatic hydroxyl groups excluding tert-OH is 1. The number of benzene rings is 3. The minimum Gasteiger partial charge on any atom is -0.507 e. The second-order valence-electron chi connectivity index (χ2n) is 9.71. The number of Topliss-reactive ketones (excluding diaryl/α,β-unsaturated/α-hetero) is 1. The maximum Gasteiger partial charge on any atom is 0.350 e. The van der Waals surface area contributed by atoms with Crippen LogP contribution in [-0.2, 0) is 20.9 Å². The molecule has 1 aromatic heterocycles. The zero-order valence-corrected chi connectivity index (χ0v) is 25.3. The number of amides is 1. The average molecular weight is 615 g/mol. The number of hydrogen-bond donors (Lipinski definition) is 1. The van der Waals surface area contributed by atoms with E-state index < -0.39 is 23.7 Å². The highest BCUT2D eigenvalue weighted by Gasteiger charge is 2.48. The first kappa shape index (κ1) is 30.3. The van der Waals surface area contributed by atoms with Gasteiger partial charge in [0.25, 0.3) is 5.78 Å². The number of rotatable bonds is 10. The second-order valence-corrected chi connectivity index (χ2v) is 10.7. The molecule has 1 aliphatic rings. The van der Waals surface area contributed by atoms with Crippen LogP contribution in [0.2, 0.25) is 0 Å². The van der Waals surface area contributed by atoms with Crippen LogP contribution in [0.15, 0.2) is 78.4 Å². The number of ether oxygens (including phenoxy) is 4. The Morgan fingerprint density at radius 3 is 2.34 bits per heavy atom. The van der Waals surface area contributed by atoms with Gasteiger partial charge in [0, 0.05) is 5.56 Å². The Balaban J connectivity index is 1.58. The van der Waals surface area contributed by atoms with Crippen LogP contribution in [0.5, 0.6) is 17.2 Å². The van der Waals surface area contributed by atoms with E-state index in [4.69, 9.17) is 18.9 Å². The summed E-state index contributed by atoms with van der Waals surface area (Å²) >= 11 is 0.932. The van der Waals surface area contributed by atoms with Crippen molar-refractivity contribution in [3.63, 3.8) is 0 Å². The minimum absolute atomic E-state index is 0.108. The number of thiazole rings is 1. The van der Waals surface area contributed by atoms with Crippen molar-refractivity contribution in [1.82, 2.24) is 4.98 Å². The van der Waals surface area contributed by atoms with Crippen LogP contribution in [0.3, 0.4) is 0 Å². The lowest BCUT2D eigenvalue weighted by Gasteiger charge is -2.23. The average Bonchev–Trinajstić information content (AvgIpc) is 3.56. The third kappa shape index (κ3) is 5.86. The number of aliphatic hydroxyl groups is 1. The normalized spacial score (nSPS) is 15.7. The summed E-state index contributed by atoms with van der Waals surface area (Å²) in [7, 11) is 2.96. The summed E-state index contributed by atoms with van der Waals surface area (Å²) in [5.74, 6) is -1.41. The number of hydrogen-bond acceptors (Lipinski definition) is 10. The molecule has 1 aliphatic heterocycles. The third-order valence-corrected chi connectivity index (χ3v) is 8.13. The molecule has 2 heterocycles. The summed E-state index contributed by atoms with van der Waals surface area (Å²) in [5.41, 5.74) is 1.96. The zero-order chi connectivity index (χ0) is 31.4. The predicted molar refractivity (Wildman–Crippen MR) is 164 cm³/mol. The molecule has 1 amide bonds. The van der Waals surface area contributed by atoms with Crippen molar-refractivity contribution in [3.05, 3.63) is 106 Å². The summed E-state index contributed by atoms with van der Waals surface area (Å²) in [6.07, 6.45) is 0. The molecule has 226 valence electrons. The van der Waals surface area contributed by atoms with Gasteiger partial charge in [-0.25, -0.2) is 9.78 Å². The van der Waals surface area contributed by atoms with Gasteiger partial charge in [0.2, 0.25) is 0 Å². The van der Waals surface area contributed by atoms with Crippen molar-refractivity contribution in [1.29, 1.82) is 0 Å². The first-order valence-corrected chi connectivity index (χ1v) is 14.5. The first-order chi connectivity index (χ1) is 21.3. The summed E-state index contributed by atoms with van der Waals surface area (Å²) in [5, 5.41) is 11.6. The van der Waals surface area contributed by atoms with E-state index in [1.54, 1.807) is 56.3 Å². The summed E-state index contributed by atoms with van der Waals surface area (Å²) in [4.78, 5) is 45.6. The van der Waals surface area contributed by atoms with Crippen molar-refractivity contribution in [2.24, 2.45) is 0 Å². The van der Waals surface area contributed by atoms with Crippen molar-refractivity contribution in [2.45, 2.75) is 26.5 Å². The molecule has 1 N–H and O–H groups in total. The van der Waals surface area contributed by atoms with Gasteiger partial charge in [-0.3, -0.25) is 14.5 Å². The maximum atomic E-state index is 13.6. The fourth-order valence-electron chi connectivity index (χ4n) is 4.84.